The lowest BCUT2D eigenvalue weighted by atomic mass is 10.2. The standard InChI is InChI=1S/C10H14NOPS2/c1-11(2)13(14)12-8-10(15-13)9-6-4-3-5-7-9/h3-7,10H,8H2,1-2H3. The molecule has 1 fully saturated rings. The normalized spacial score (nSPS) is 31.0. The van der Waals surface area contributed by atoms with Gasteiger partial charge in [0, 0.05) is 0 Å². The first-order valence-corrected chi connectivity index (χ1v) is 8.93. The van der Waals surface area contributed by atoms with Crippen LogP contribution in [0.2, 0.25) is 0 Å². The number of benzene rings is 1. The first-order valence-electron chi connectivity index (χ1n) is 4.77. The van der Waals surface area contributed by atoms with Gasteiger partial charge in [-0.25, -0.2) is 0 Å². The largest absolute Gasteiger partial charge is 0.329 e. The molecule has 2 nitrogen and oxygen atoms in total. The average Bonchev–Trinajstić information content (AvgIpc) is 2.64. The summed E-state index contributed by atoms with van der Waals surface area (Å²) in [4.78, 5) is 0. The number of rotatable bonds is 2. The van der Waals surface area contributed by atoms with Crippen LogP contribution in [-0.2, 0) is 16.3 Å². The highest BCUT2D eigenvalue weighted by Gasteiger charge is 2.35. The van der Waals surface area contributed by atoms with Crippen molar-refractivity contribution in [1.82, 2.24) is 4.67 Å². The Hall–Kier alpha value is 0.140. The molecule has 82 valence electrons. The third kappa shape index (κ3) is 2.45. The SMILES string of the molecule is CN(C)P1(=S)OCC(c2ccccc2)S1. The summed E-state index contributed by atoms with van der Waals surface area (Å²) in [6.45, 7) is 0.740. The predicted octanol–water partition coefficient (Wildman–Crippen LogP) is 3.28. The van der Waals surface area contributed by atoms with Crippen molar-refractivity contribution in [1.29, 1.82) is 0 Å². The summed E-state index contributed by atoms with van der Waals surface area (Å²) < 4.78 is 7.84. The second kappa shape index (κ2) is 4.56. The maximum absolute atomic E-state index is 5.78. The molecule has 0 saturated carbocycles. The van der Waals surface area contributed by atoms with E-state index in [-0.39, 0.29) is 0 Å². The molecule has 1 aliphatic heterocycles. The third-order valence-corrected chi connectivity index (χ3v) is 9.62. The zero-order chi connectivity index (χ0) is 10.9. The molecule has 0 N–H and O–H groups in total. The monoisotopic (exact) mass is 259 g/mol. The summed E-state index contributed by atoms with van der Waals surface area (Å²) in [7, 11) is 4.00. The van der Waals surface area contributed by atoms with Crippen LogP contribution in [0.1, 0.15) is 10.8 Å². The van der Waals surface area contributed by atoms with Crippen molar-refractivity contribution in [2.24, 2.45) is 0 Å². The molecule has 0 aromatic heterocycles. The van der Waals surface area contributed by atoms with E-state index in [9.17, 15) is 0 Å². The van der Waals surface area contributed by atoms with E-state index in [4.69, 9.17) is 16.3 Å². The van der Waals surface area contributed by atoms with Crippen LogP contribution in [0, 0.1) is 0 Å². The van der Waals surface area contributed by atoms with Gasteiger partial charge in [0.1, 0.15) is 0 Å². The molecule has 0 amide bonds. The van der Waals surface area contributed by atoms with Crippen LogP contribution < -0.4 is 0 Å². The second-order valence-electron chi connectivity index (χ2n) is 3.62. The van der Waals surface area contributed by atoms with Crippen LogP contribution in [-0.4, -0.2) is 25.4 Å². The molecule has 0 bridgehead atoms. The van der Waals surface area contributed by atoms with Crippen LogP contribution in [0.4, 0.5) is 0 Å². The van der Waals surface area contributed by atoms with Gasteiger partial charge < -0.3 is 4.52 Å². The molecule has 2 atom stereocenters. The molecule has 0 spiro atoms. The zero-order valence-corrected chi connectivity index (χ0v) is 11.3. The second-order valence-corrected chi connectivity index (χ2v) is 10.7. The minimum absolute atomic E-state index is 0.402. The Balaban J connectivity index is 2.15. The van der Waals surface area contributed by atoms with Crippen LogP contribution >= 0.6 is 17.0 Å². The summed E-state index contributed by atoms with van der Waals surface area (Å²) in [5.41, 5.74) is -0.464. The van der Waals surface area contributed by atoms with Gasteiger partial charge in [0.05, 0.1) is 11.9 Å². The lowest BCUT2D eigenvalue weighted by molar-refractivity contribution is 0.348. The highest BCUT2D eigenvalue weighted by atomic mass is 32.9. The lowest BCUT2D eigenvalue weighted by Crippen LogP contribution is -2.04. The van der Waals surface area contributed by atoms with E-state index in [2.05, 4.69) is 28.9 Å². The van der Waals surface area contributed by atoms with Crippen molar-refractivity contribution in [2.45, 2.75) is 5.25 Å². The highest BCUT2D eigenvalue weighted by molar-refractivity contribution is 8.69. The Labute approximate surface area is 99.9 Å². The van der Waals surface area contributed by atoms with E-state index < -0.39 is 5.62 Å². The molecule has 1 aliphatic rings. The number of hydrogen-bond acceptors (Lipinski definition) is 3. The molecule has 2 rings (SSSR count). The molecule has 5 heteroatoms. The Morgan fingerprint density at radius 1 is 1.40 bits per heavy atom. The first kappa shape index (κ1) is 11.6. The average molecular weight is 259 g/mol. The molecule has 1 saturated heterocycles. The Morgan fingerprint density at radius 3 is 2.60 bits per heavy atom. The fourth-order valence-corrected chi connectivity index (χ4v) is 6.63. The van der Waals surface area contributed by atoms with E-state index >= 15 is 0 Å². The summed E-state index contributed by atoms with van der Waals surface area (Å²) in [5.74, 6) is 0. The minimum atomic E-state index is -1.78. The van der Waals surface area contributed by atoms with E-state index in [0.717, 1.165) is 6.61 Å². The molecule has 0 radical (unpaired) electrons. The van der Waals surface area contributed by atoms with Crippen LogP contribution in [0.25, 0.3) is 0 Å². The molecular formula is C10H14NOPS2. The van der Waals surface area contributed by atoms with Crippen molar-refractivity contribution in [3.8, 4) is 0 Å². The van der Waals surface area contributed by atoms with Crippen molar-refractivity contribution in [3.05, 3.63) is 35.9 Å². The van der Waals surface area contributed by atoms with Gasteiger partial charge in [-0.3, -0.25) is 4.67 Å². The highest BCUT2D eigenvalue weighted by Crippen LogP contribution is 2.71. The van der Waals surface area contributed by atoms with Crippen molar-refractivity contribution in [3.63, 3.8) is 0 Å². The van der Waals surface area contributed by atoms with Gasteiger partial charge in [0.25, 0.3) is 0 Å². The van der Waals surface area contributed by atoms with E-state index in [1.807, 2.05) is 20.2 Å². The molecule has 15 heavy (non-hydrogen) atoms. The molecule has 1 aromatic rings. The fraction of sp³-hybridized carbons (Fsp3) is 0.400. The van der Waals surface area contributed by atoms with Crippen LogP contribution in [0.15, 0.2) is 30.3 Å². The van der Waals surface area contributed by atoms with Crippen molar-refractivity contribution in [2.75, 3.05) is 20.7 Å². The molecule has 1 aromatic carbocycles. The van der Waals surface area contributed by atoms with Crippen molar-refractivity contribution >= 4 is 28.8 Å². The molecule has 1 heterocycles. The fourth-order valence-electron chi connectivity index (χ4n) is 1.42. The minimum Gasteiger partial charge on any atom is -0.329 e. The molecule has 2 unspecified atom stereocenters. The molecular weight excluding hydrogens is 245 g/mol. The Bertz CT molecular complexity index is 382. The maximum atomic E-state index is 5.78. The third-order valence-electron chi connectivity index (χ3n) is 2.31. The van der Waals surface area contributed by atoms with Crippen LogP contribution in [0.3, 0.4) is 0 Å². The van der Waals surface area contributed by atoms with Gasteiger partial charge in [-0.15, -0.1) is 0 Å². The van der Waals surface area contributed by atoms with Gasteiger partial charge in [0.15, 0.2) is 5.62 Å². The van der Waals surface area contributed by atoms with Gasteiger partial charge in [-0.2, -0.15) is 0 Å². The van der Waals surface area contributed by atoms with E-state index in [0.29, 0.717) is 5.25 Å². The Kier molecular flexibility index (Phi) is 3.53. The zero-order valence-electron chi connectivity index (χ0n) is 8.79. The smallest absolute Gasteiger partial charge is 0.188 e. The first-order chi connectivity index (χ1) is 7.12. The van der Waals surface area contributed by atoms with Crippen LogP contribution in [0.5, 0.6) is 0 Å². The maximum Gasteiger partial charge on any atom is 0.188 e. The summed E-state index contributed by atoms with van der Waals surface area (Å²) in [6.07, 6.45) is 0. The lowest BCUT2D eigenvalue weighted by Gasteiger charge is -2.21. The van der Waals surface area contributed by atoms with Gasteiger partial charge in [-0.1, -0.05) is 41.7 Å². The Morgan fingerprint density at radius 2 is 2.07 bits per heavy atom. The topological polar surface area (TPSA) is 12.5 Å². The van der Waals surface area contributed by atoms with Gasteiger partial charge >= 0.3 is 0 Å². The molecule has 0 aliphatic carbocycles. The summed E-state index contributed by atoms with van der Waals surface area (Å²) in [5, 5.41) is 0.402. The van der Waals surface area contributed by atoms with E-state index in [1.54, 1.807) is 11.4 Å². The number of hydrogen-bond donors (Lipinski definition) is 0. The predicted molar refractivity (Wildman–Crippen MR) is 70.7 cm³/mol. The van der Waals surface area contributed by atoms with E-state index in [1.165, 1.54) is 5.56 Å². The van der Waals surface area contributed by atoms with Gasteiger partial charge in [0.2, 0.25) is 0 Å². The quantitative estimate of drug-likeness (QED) is 0.755. The van der Waals surface area contributed by atoms with Crippen molar-refractivity contribution < 1.29 is 4.52 Å². The summed E-state index contributed by atoms with van der Waals surface area (Å²) >= 11 is 7.35. The number of nitrogens with zero attached hydrogens (tertiary/aromatic N) is 1. The summed E-state index contributed by atoms with van der Waals surface area (Å²) in [6, 6.07) is 10.4. The van der Waals surface area contributed by atoms with Gasteiger partial charge in [-0.05, 0) is 31.5 Å².